The number of hydrogen-bond donors (Lipinski definition) is 5. The van der Waals surface area contributed by atoms with Gasteiger partial charge in [-0.2, -0.15) is 0 Å². The molecule has 4 aromatic rings. The van der Waals surface area contributed by atoms with E-state index >= 15 is 0 Å². The number of benzene rings is 2. The maximum atomic E-state index is 10.0. The lowest BCUT2D eigenvalue weighted by molar-refractivity contribution is 0.126. The largest absolute Gasteiger partial charge is 0.493 e. The minimum atomic E-state index is -0.290. The predicted octanol–water partition coefficient (Wildman–Crippen LogP) is 6.07. The molecule has 2 atom stereocenters. The molecule has 0 saturated carbocycles. The van der Waals surface area contributed by atoms with Gasteiger partial charge in [0.05, 0.1) is 33.5 Å². The number of aliphatic hydroxyl groups excluding tert-OH is 1. The Morgan fingerprint density at radius 3 is 1.86 bits per heavy atom. The first-order valence-electron chi connectivity index (χ1n) is 16.2. The van der Waals surface area contributed by atoms with Crippen molar-refractivity contribution in [2.45, 2.75) is 65.3 Å². The molecule has 0 amide bonds. The second kappa shape index (κ2) is 23.2. The number of nitrogens with one attached hydrogen (secondary N) is 4. The van der Waals surface area contributed by atoms with E-state index in [0.717, 1.165) is 31.6 Å². The SMILES string of the molecule is C.CC(C)(C)N[C@H]1c2ccccc2C[C@H]1O.CNCCc1cccnc1.CNCc1cccnc1.CNc1cc(OC)c(OC)c(OC)c1. The van der Waals surface area contributed by atoms with E-state index in [1.807, 2.05) is 76.0 Å². The van der Waals surface area contributed by atoms with E-state index in [0.29, 0.717) is 17.2 Å². The van der Waals surface area contributed by atoms with Gasteiger partial charge in [-0.25, -0.2) is 0 Å². The summed E-state index contributed by atoms with van der Waals surface area (Å²) in [6, 6.07) is 20.1. The van der Waals surface area contributed by atoms with Crippen LogP contribution >= 0.6 is 0 Å². The highest BCUT2D eigenvalue weighted by Gasteiger charge is 2.32. The van der Waals surface area contributed by atoms with E-state index in [1.165, 1.54) is 22.3 Å². The van der Waals surface area contributed by atoms with Crippen LogP contribution in [0, 0.1) is 0 Å². The minimum Gasteiger partial charge on any atom is -0.493 e. The highest BCUT2D eigenvalue weighted by molar-refractivity contribution is 5.62. The van der Waals surface area contributed by atoms with Gasteiger partial charge in [-0.3, -0.25) is 9.97 Å². The van der Waals surface area contributed by atoms with Crippen molar-refractivity contribution < 1.29 is 19.3 Å². The zero-order valence-electron chi connectivity index (χ0n) is 30.1. The van der Waals surface area contributed by atoms with Crippen LogP contribution in [0.25, 0.3) is 0 Å². The predicted molar refractivity (Wildman–Crippen MR) is 203 cm³/mol. The zero-order chi connectivity index (χ0) is 35.4. The Kier molecular flexibility index (Phi) is 20.3. The number of fused-ring (bicyclic) bond motifs is 1. The van der Waals surface area contributed by atoms with E-state index in [-0.39, 0.29) is 25.1 Å². The van der Waals surface area contributed by atoms with Crippen LogP contribution in [0.1, 0.15) is 56.5 Å². The lowest BCUT2D eigenvalue weighted by atomic mass is 10.0. The van der Waals surface area contributed by atoms with Gasteiger partial charge in [0.2, 0.25) is 5.75 Å². The monoisotopic (exact) mass is 676 g/mol. The fraction of sp³-hybridized carbons (Fsp3) is 0.436. The molecule has 0 spiro atoms. The third-order valence-electron chi connectivity index (χ3n) is 7.24. The smallest absolute Gasteiger partial charge is 0.203 e. The number of nitrogens with zero attached hydrogens (tertiary/aromatic N) is 2. The second-order valence-corrected chi connectivity index (χ2v) is 12.1. The summed E-state index contributed by atoms with van der Waals surface area (Å²) in [4.78, 5) is 7.97. The summed E-state index contributed by atoms with van der Waals surface area (Å²) < 4.78 is 15.5. The van der Waals surface area contributed by atoms with E-state index < -0.39 is 0 Å². The van der Waals surface area contributed by atoms with E-state index in [2.05, 4.69) is 70.2 Å². The summed E-state index contributed by atoms with van der Waals surface area (Å²) in [6.45, 7) is 8.29. The van der Waals surface area contributed by atoms with Crippen molar-refractivity contribution in [2.75, 3.05) is 54.3 Å². The van der Waals surface area contributed by atoms with Crippen molar-refractivity contribution in [3.05, 3.63) is 108 Å². The summed E-state index contributed by atoms with van der Waals surface area (Å²) in [5.74, 6) is 1.90. The zero-order valence-corrected chi connectivity index (χ0v) is 30.1. The fourth-order valence-corrected chi connectivity index (χ4v) is 4.96. The highest BCUT2D eigenvalue weighted by Crippen LogP contribution is 2.39. The molecule has 0 saturated heterocycles. The Hall–Kier alpha value is -4.22. The van der Waals surface area contributed by atoms with E-state index in [9.17, 15) is 5.11 Å². The highest BCUT2D eigenvalue weighted by atomic mass is 16.5. The summed E-state index contributed by atoms with van der Waals surface area (Å²) in [6.07, 6.45) is 8.87. The number of aliphatic hydroxyl groups is 1. The second-order valence-electron chi connectivity index (χ2n) is 12.1. The summed E-state index contributed by atoms with van der Waals surface area (Å²) in [5, 5.41) is 22.6. The molecule has 1 aliphatic carbocycles. The van der Waals surface area contributed by atoms with Crippen molar-refractivity contribution in [2.24, 2.45) is 0 Å². The van der Waals surface area contributed by atoms with Crippen LogP contribution in [0.15, 0.2) is 85.5 Å². The molecule has 49 heavy (non-hydrogen) atoms. The summed E-state index contributed by atoms with van der Waals surface area (Å²) in [7, 11) is 10.5. The van der Waals surface area contributed by atoms with Crippen LogP contribution in [0.2, 0.25) is 0 Å². The number of aromatic nitrogens is 2. The Morgan fingerprint density at radius 1 is 0.796 bits per heavy atom. The van der Waals surface area contributed by atoms with Crippen molar-refractivity contribution in [1.82, 2.24) is 25.9 Å². The number of ether oxygens (including phenoxy) is 3. The van der Waals surface area contributed by atoms with Gasteiger partial charge in [0.25, 0.3) is 0 Å². The van der Waals surface area contributed by atoms with Gasteiger partial charge in [-0.05, 0) is 82.2 Å². The lowest BCUT2D eigenvalue weighted by Gasteiger charge is -2.28. The molecule has 270 valence electrons. The molecule has 1 aliphatic rings. The summed E-state index contributed by atoms with van der Waals surface area (Å²) >= 11 is 0. The molecule has 5 N–H and O–H groups in total. The molecule has 10 heteroatoms. The minimum absolute atomic E-state index is 0. The Balaban J connectivity index is 0.000000331. The molecular weight excluding hydrogens is 616 g/mol. The van der Waals surface area contributed by atoms with Crippen LogP contribution in [-0.4, -0.2) is 75.7 Å². The number of likely N-dealkylation sites (N-methyl/N-ethyl adjacent to an activating group) is 1. The summed E-state index contributed by atoms with van der Waals surface area (Å²) in [5.41, 5.74) is 5.98. The third kappa shape index (κ3) is 15.3. The van der Waals surface area contributed by atoms with Gasteiger partial charge >= 0.3 is 0 Å². The standard InChI is InChI=1S/C13H19NO.C10H15NO3.C8H12N2.C7H10N2.CH4/c1-13(2,3)14-12-10-7-5-4-6-9(10)8-11(12)15;1-11-7-5-8(12-2)10(14-4)9(6-7)13-3;1-9-6-4-8-3-2-5-10-7-8;1-8-5-7-3-2-4-9-6-7;/h4-7,11-12,14-15H,8H2,1-3H3;5-6,11H,1-4H3;2-3,5,7,9H,4,6H2,1H3;2-4,6,8H,5H2,1H3;1H4/t11-,12+;;;;/m1..../s1. The molecule has 0 bridgehead atoms. The van der Waals surface area contributed by atoms with E-state index in [1.54, 1.807) is 33.7 Å². The van der Waals surface area contributed by atoms with Crippen molar-refractivity contribution in [1.29, 1.82) is 0 Å². The number of methoxy groups -OCH3 is 3. The average Bonchev–Trinajstić information content (AvgIpc) is 3.41. The Bertz CT molecular complexity index is 1410. The first-order chi connectivity index (χ1) is 23.1. The first-order valence-corrected chi connectivity index (χ1v) is 16.2. The van der Waals surface area contributed by atoms with Gasteiger partial charge in [-0.15, -0.1) is 0 Å². The number of rotatable bonds is 10. The molecule has 10 nitrogen and oxygen atoms in total. The maximum absolute atomic E-state index is 10.0. The number of anilines is 1. The molecule has 0 fully saturated rings. The molecule has 2 aromatic carbocycles. The van der Waals surface area contributed by atoms with Crippen molar-refractivity contribution in [3.63, 3.8) is 0 Å². The molecular formula is C39H60N6O4. The molecule has 5 rings (SSSR count). The molecule has 0 radical (unpaired) electrons. The Labute approximate surface area is 295 Å². The number of hydrogen-bond acceptors (Lipinski definition) is 10. The van der Waals surface area contributed by atoms with Gasteiger partial charge < -0.3 is 40.6 Å². The normalized spacial score (nSPS) is 14.2. The van der Waals surface area contributed by atoms with E-state index in [4.69, 9.17) is 14.2 Å². The van der Waals surface area contributed by atoms with Gasteiger partial charge in [0, 0.05) is 68.2 Å². The number of pyridine rings is 2. The van der Waals surface area contributed by atoms with Gasteiger partial charge in [-0.1, -0.05) is 43.8 Å². The van der Waals surface area contributed by atoms with Crippen molar-refractivity contribution >= 4 is 5.69 Å². The molecule has 2 aromatic heterocycles. The van der Waals surface area contributed by atoms with Crippen LogP contribution in [0.4, 0.5) is 5.69 Å². The molecule has 2 heterocycles. The van der Waals surface area contributed by atoms with Gasteiger partial charge in [0.15, 0.2) is 11.5 Å². The third-order valence-corrected chi connectivity index (χ3v) is 7.24. The first kappa shape index (κ1) is 42.8. The lowest BCUT2D eigenvalue weighted by Crippen LogP contribution is -2.42. The molecule has 0 unspecified atom stereocenters. The molecule has 0 aliphatic heterocycles. The Morgan fingerprint density at radius 2 is 1.39 bits per heavy atom. The van der Waals surface area contributed by atoms with Crippen LogP contribution in [-0.2, 0) is 19.4 Å². The van der Waals surface area contributed by atoms with Crippen molar-refractivity contribution in [3.8, 4) is 17.2 Å². The fourth-order valence-electron chi connectivity index (χ4n) is 4.96. The quantitative estimate of drug-likeness (QED) is 0.135. The van der Waals surface area contributed by atoms with Crippen LogP contribution in [0.3, 0.4) is 0 Å². The van der Waals surface area contributed by atoms with Gasteiger partial charge in [0.1, 0.15) is 0 Å². The van der Waals surface area contributed by atoms with Crippen LogP contribution in [0.5, 0.6) is 17.2 Å². The average molecular weight is 677 g/mol. The maximum Gasteiger partial charge on any atom is 0.203 e. The topological polar surface area (TPSA) is 122 Å². The van der Waals surface area contributed by atoms with Crippen LogP contribution < -0.4 is 35.5 Å².